The molecule has 2 aromatic rings. The number of nitrogens with one attached hydrogen (secondary N) is 1. The van der Waals surface area contributed by atoms with Gasteiger partial charge in [-0.05, 0) is 36.8 Å². The number of aliphatic hydroxyl groups is 1. The number of non-ortho nitro benzene ring substituents is 1. The summed E-state index contributed by atoms with van der Waals surface area (Å²) in [5.74, 6) is 0.689. The number of ether oxygens (including phenoxy) is 1. The molecule has 0 atom stereocenters. The van der Waals surface area contributed by atoms with Gasteiger partial charge in [0, 0.05) is 17.8 Å². The molecule has 0 saturated heterocycles. The standard InChI is InChI=1S/C15H15ClN2O4/c1-10-8-11(2-5-15(10)22-7-6-19)17-14-4-3-12(18(20)21)9-13(14)16/h2-5,8-9,17,19H,6-7H2,1H3. The minimum absolute atomic E-state index is 0.0438. The number of halogens is 1. The van der Waals surface area contributed by atoms with E-state index in [0.717, 1.165) is 11.3 Å². The fourth-order valence-corrected chi connectivity index (χ4v) is 2.14. The molecule has 2 N–H and O–H groups in total. The number of hydrogen-bond acceptors (Lipinski definition) is 5. The summed E-state index contributed by atoms with van der Waals surface area (Å²) in [5.41, 5.74) is 2.20. The zero-order chi connectivity index (χ0) is 16.1. The molecular weight excluding hydrogens is 308 g/mol. The maximum atomic E-state index is 10.7. The second-order valence-electron chi connectivity index (χ2n) is 4.60. The molecule has 0 heterocycles. The van der Waals surface area contributed by atoms with Crippen molar-refractivity contribution < 1.29 is 14.8 Å². The molecule has 0 aliphatic heterocycles. The number of hydrogen-bond donors (Lipinski definition) is 2. The lowest BCUT2D eigenvalue weighted by Crippen LogP contribution is -2.03. The number of nitro benzene ring substituents is 1. The topological polar surface area (TPSA) is 84.6 Å². The van der Waals surface area contributed by atoms with Crippen LogP contribution in [-0.4, -0.2) is 23.2 Å². The summed E-state index contributed by atoms with van der Waals surface area (Å²) in [4.78, 5) is 10.2. The summed E-state index contributed by atoms with van der Waals surface area (Å²) in [6, 6.07) is 9.70. The molecule has 0 radical (unpaired) electrons. The van der Waals surface area contributed by atoms with Crippen molar-refractivity contribution in [1.29, 1.82) is 0 Å². The molecule has 0 bridgehead atoms. The van der Waals surface area contributed by atoms with Crippen LogP contribution in [0, 0.1) is 17.0 Å². The van der Waals surface area contributed by atoms with E-state index in [1.54, 1.807) is 18.2 Å². The Kier molecular flexibility index (Phi) is 5.19. The minimum atomic E-state index is -0.493. The Bertz CT molecular complexity index is 691. The fraction of sp³-hybridized carbons (Fsp3) is 0.200. The number of anilines is 2. The van der Waals surface area contributed by atoms with Gasteiger partial charge >= 0.3 is 0 Å². The smallest absolute Gasteiger partial charge is 0.271 e. The van der Waals surface area contributed by atoms with E-state index >= 15 is 0 Å². The van der Waals surface area contributed by atoms with Gasteiger partial charge in [-0.1, -0.05) is 11.6 Å². The Morgan fingerprint density at radius 2 is 2.09 bits per heavy atom. The minimum Gasteiger partial charge on any atom is -0.491 e. The fourth-order valence-electron chi connectivity index (χ4n) is 1.92. The number of nitrogens with zero attached hydrogens (tertiary/aromatic N) is 1. The molecule has 22 heavy (non-hydrogen) atoms. The van der Waals surface area contributed by atoms with Crippen LogP contribution in [0.15, 0.2) is 36.4 Å². The van der Waals surface area contributed by atoms with Crippen LogP contribution in [0.3, 0.4) is 0 Å². The van der Waals surface area contributed by atoms with E-state index in [1.807, 2.05) is 13.0 Å². The summed E-state index contributed by atoms with van der Waals surface area (Å²) in [5, 5.41) is 22.8. The van der Waals surface area contributed by atoms with Crippen LogP contribution in [0.25, 0.3) is 0 Å². The number of aliphatic hydroxyl groups excluding tert-OH is 1. The SMILES string of the molecule is Cc1cc(Nc2ccc([N+](=O)[O-])cc2Cl)ccc1OCCO. The van der Waals surface area contributed by atoms with Crippen molar-refractivity contribution in [2.75, 3.05) is 18.5 Å². The molecule has 0 spiro atoms. The van der Waals surface area contributed by atoms with Crippen molar-refractivity contribution in [2.24, 2.45) is 0 Å². The molecular formula is C15H15ClN2O4. The van der Waals surface area contributed by atoms with E-state index in [0.29, 0.717) is 11.4 Å². The second-order valence-corrected chi connectivity index (χ2v) is 5.01. The van der Waals surface area contributed by atoms with Crippen molar-refractivity contribution in [3.8, 4) is 5.75 Å². The first kappa shape index (κ1) is 16.1. The first-order valence-corrected chi connectivity index (χ1v) is 6.94. The van der Waals surface area contributed by atoms with Crippen LogP contribution in [-0.2, 0) is 0 Å². The second kappa shape index (κ2) is 7.11. The van der Waals surface area contributed by atoms with E-state index < -0.39 is 4.92 Å². The largest absolute Gasteiger partial charge is 0.491 e. The average molecular weight is 323 g/mol. The summed E-state index contributed by atoms with van der Waals surface area (Å²) in [6.45, 7) is 2.08. The van der Waals surface area contributed by atoms with Gasteiger partial charge < -0.3 is 15.2 Å². The predicted octanol–water partition coefficient (Wildman–Crippen LogP) is 3.67. The molecule has 2 rings (SSSR count). The zero-order valence-electron chi connectivity index (χ0n) is 11.9. The summed E-state index contributed by atoms with van der Waals surface area (Å²) < 4.78 is 5.38. The highest BCUT2D eigenvalue weighted by Gasteiger charge is 2.10. The monoisotopic (exact) mass is 322 g/mol. The van der Waals surface area contributed by atoms with Crippen LogP contribution in [0.1, 0.15) is 5.56 Å². The first-order chi connectivity index (χ1) is 10.5. The van der Waals surface area contributed by atoms with Gasteiger partial charge in [0.25, 0.3) is 5.69 Å². The van der Waals surface area contributed by atoms with E-state index in [9.17, 15) is 10.1 Å². The van der Waals surface area contributed by atoms with Crippen molar-refractivity contribution >= 4 is 28.7 Å². The lowest BCUT2D eigenvalue weighted by atomic mass is 10.2. The summed E-state index contributed by atoms with van der Waals surface area (Å²) in [7, 11) is 0. The van der Waals surface area contributed by atoms with Crippen LogP contribution in [0.2, 0.25) is 5.02 Å². The molecule has 7 heteroatoms. The van der Waals surface area contributed by atoms with Gasteiger partial charge in [0.1, 0.15) is 12.4 Å². The van der Waals surface area contributed by atoms with Gasteiger partial charge in [0.2, 0.25) is 0 Å². The lowest BCUT2D eigenvalue weighted by molar-refractivity contribution is -0.384. The van der Waals surface area contributed by atoms with Crippen LogP contribution in [0.4, 0.5) is 17.1 Å². The third kappa shape index (κ3) is 3.87. The average Bonchev–Trinajstić information content (AvgIpc) is 2.48. The Hall–Kier alpha value is -2.31. The number of benzene rings is 2. The number of nitro groups is 1. The van der Waals surface area contributed by atoms with Gasteiger partial charge in [-0.25, -0.2) is 0 Å². The van der Waals surface area contributed by atoms with E-state index in [4.69, 9.17) is 21.4 Å². The van der Waals surface area contributed by atoms with Crippen LogP contribution < -0.4 is 10.1 Å². The highest BCUT2D eigenvalue weighted by molar-refractivity contribution is 6.33. The third-order valence-electron chi connectivity index (χ3n) is 2.97. The number of aryl methyl sites for hydroxylation is 1. The Morgan fingerprint density at radius 1 is 1.32 bits per heavy atom. The molecule has 0 aromatic heterocycles. The summed E-state index contributed by atoms with van der Waals surface area (Å²) >= 11 is 6.04. The van der Waals surface area contributed by atoms with Crippen LogP contribution in [0.5, 0.6) is 5.75 Å². The molecule has 0 amide bonds. The van der Waals surface area contributed by atoms with Gasteiger partial charge in [0.05, 0.1) is 22.2 Å². The van der Waals surface area contributed by atoms with E-state index in [1.165, 1.54) is 12.1 Å². The Labute approximate surface area is 132 Å². The normalized spacial score (nSPS) is 10.3. The third-order valence-corrected chi connectivity index (χ3v) is 3.28. The molecule has 0 fully saturated rings. The molecule has 6 nitrogen and oxygen atoms in total. The molecule has 2 aromatic carbocycles. The zero-order valence-corrected chi connectivity index (χ0v) is 12.6. The highest BCUT2D eigenvalue weighted by Crippen LogP contribution is 2.30. The van der Waals surface area contributed by atoms with E-state index in [-0.39, 0.29) is 23.9 Å². The molecule has 0 saturated carbocycles. The highest BCUT2D eigenvalue weighted by atomic mass is 35.5. The molecule has 0 aliphatic rings. The molecule has 0 aliphatic carbocycles. The predicted molar refractivity (Wildman–Crippen MR) is 85.1 cm³/mol. The van der Waals surface area contributed by atoms with Crippen molar-refractivity contribution in [1.82, 2.24) is 0 Å². The summed E-state index contributed by atoms with van der Waals surface area (Å²) in [6.07, 6.45) is 0. The molecule has 116 valence electrons. The van der Waals surface area contributed by atoms with Crippen molar-refractivity contribution in [3.05, 3.63) is 57.1 Å². The Morgan fingerprint density at radius 3 is 2.68 bits per heavy atom. The van der Waals surface area contributed by atoms with Gasteiger partial charge in [0.15, 0.2) is 0 Å². The van der Waals surface area contributed by atoms with Gasteiger partial charge in [-0.15, -0.1) is 0 Å². The van der Waals surface area contributed by atoms with Crippen LogP contribution >= 0.6 is 11.6 Å². The maximum Gasteiger partial charge on any atom is 0.271 e. The first-order valence-electron chi connectivity index (χ1n) is 6.56. The molecule has 0 unspecified atom stereocenters. The van der Waals surface area contributed by atoms with Crippen molar-refractivity contribution in [3.63, 3.8) is 0 Å². The maximum absolute atomic E-state index is 10.7. The number of rotatable bonds is 6. The lowest BCUT2D eigenvalue weighted by Gasteiger charge is -2.12. The van der Waals surface area contributed by atoms with Gasteiger partial charge in [-0.2, -0.15) is 0 Å². The quantitative estimate of drug-likeness (QED) is 0.626. The Balaban J connectivity index is 2.17. The van der Waals surface area contributed by atoms with Gasteiger partial charge in [-0.3, -0.25) is 10.1 Å². The van der Waals surface area contributed by atoms with Crippen molar-refractivity contribution in [2.45, 2.75) is 6.92 Å². The van der Waals surface area contributed by atoms with E-state index in [2.05, 4.69) is 5.32 Å².